The van der Waals surface area contributed by atoms with Crippen LogP contribution in [0.3, 0.4) is 0 Å². The molecule has 0 aromatic carbocycles. The predicted molar refractivity (Wildman–Crippen MR) is 55.0 cm³/mol. The summed E-state index contributed by atoms with van der Waals surface area (Å²) in [6, 6.07) is 0. The van der Waals surface area contributed by atoms with Crippen LogP contribution < -0.4 is 0 Å². The Hall–Kier alpha value is -0.630. The number of ether oxygens (including phenoxy) is 1. The summed E-state index contributed by atoms with van der Waals surface area (Å²) >= 11 is 0. The number of ketones is 1. The van der Waals surface area contributed by atoms with Gasteiger partial charge in [-0.15, -0.1) is 0 Å². The molecule has 2 atom stereocenters. The van der Waals surface area contributed by atoms with Crippen molar-refractivity contribution < 1.29 is 9.53 Å². The van der Waals surface area contributed by atoms with E-state index in [1.165, 1.54) is 0 Å². The van der Waals surface area contributed by atoms with Crippen LogP contribution in [0.5, 0.6) is 0 Å². The van der Waals surface area contributed by atoms with Crippen LogP contribution in [0.2, 0.25) is 0 Å². The van der Waals surface area contributed by atoms with Crippen LogP contribution in [-0.2, 0) is 9.53 Å². The molecule has 1 aliphatic carbocycles. The topological polar surface area (TPSA) is 26.3 Å². The molecule has 0 aromatic heterocycles. The molecule has 2 rings (SSSR count). The molecule has 1 spiro atoms. The fourth-order valence-electron chi connectivity index (χ4n) is 2.58. The number of carbonyl (C=O) groups is 1. The van der Waals surface area contributed by atoms with Crippen molar-refractivity contribution in [1.29, 1.82) is 0 Å². The molecule has 1 unspecified atom stereocenters. The molecule has 0 saturated carbocycles. The van der Waals surface area contributed by atoms with E-state index in [0.717, 1.165) is 19.4 Å². The first kappa shape index (κ1) is 9.91. The van der Waals surface area contributed by atoms with Crippen LogP contribution >= 0.6 is 0 Å². The van der Waals surface area contributed by atoms with E-state index in [0.29, 0.717) is 5.92 Å². The van der Waals surface area contributed by atoms with Crippen molar-refractivity contribution in [2.45, 2.75) is 39.2 Å². The van der Waals surface area contributed by atoms with Crippen LogP contribution in [0.25, 0.3) is 0 Å². The van der Waals surface area contributed by atoms with Crippen LogP contribution in [0.4, 0.5) is 0 Å². The molecule has 0 aromatic rings. The second-order valence-corrected chi connectivity index (χ2v) is 5.19. The number of hydrogen-bond acceptors (Lipinski definition) is 2. The largest absolute Gasteiger partial charge is 0.366 e. The van der Waals surface area contributed by atoms with Crippen LogP contribution in [0.15, 0.2) is 12.2 Å². The first-order valence-corrected chi connectivity index (χ1v) is 5.36. The molecule has 0 amide bonds. The third kappa shape index (κ3) is 1.17. The highest BCUT2D eigenvalue weighted by molar-refractivity contribution is 6.01. The van der Waals surface area contributed by atoms with E-state index in [1.807, 2.05) is 6.08 Å². The van der Waals surface area contributed by atoms with Gasteiger partial charge in [0.05, 0.1) is 0 Å². The molecule has 78 valence electrons. The molecule has 2 aliphatic rings. The molecule has 2 heteroatoms. The molecule has 0 bridgehead atoms. The smallest absolute Gasteiger partial charge is 0.188 e. The normalized spacial score (nSPS) is 40.8. The van der Waals surface area contributed by atoms with Gasteiger partial charge in [0.15, 0.2) is 5.78 Å². The van der Waals surface area contributed by atoms with E-state index in [-0.39, 0.29) is 11.2 Å². The molecule has 1 aliphatic heterocycles. The quantitative estimate of drug-likeness (QED) is 0.591. The van der Waals surface area contributed by atoms with Gasteiger partial charge in [0.1, 0.15) is 5.60 Å². The number of carbonyl (C=O) groups excluding carboxylic acids is 1. The Bertz CT molecular complexity index is 291. The third-order valence-electron chi connectivity index (χ3n) is 3.69. The maximum atomic E-state index is 11.9. The highest BCUT2D eigenvalue weighted by Gasteiger charge is 2.54. The molecular formula is C12H18O2. The van der Waals surface area contributed by atoms with Crippen molar-refractivity contribution in [1.82, 2.24) is 0 Å². The summed E-state index contributed by atoms with van der Waals surface area (Å²) in [5, 5.41) is 0. The minimum atomic E-state index is -0.551. The van der Waals surface area contributed by atoms with Crippen LogP contribution in [-0.4, -0.2) is 18.0 Å². The van der Waals surface area contributed by atoms with Gasteiger partial charge in [-0.3, -0.25) is 4.79 Å². The van der Waals surface area contributed by atoms with E-state index in [1.54, 1.807) is 6.08 Å². The predicted octanol–water partition coefficient (Wildman–Crippen LogP) is 2.34. The zero-order valence-corrected chi connectivity index (χ0v) is 9.17. The molecule has 0 N–H and O–H groups in total. The summed E-state index contributed by atoms with van der Waals surface area (Å²) in [6.07, 6.45) is 5.63. The Balaban J connectivity index is 2.34. The lowest BCUT2D eigenvalue weighted by Crippen LogP contribution is -2.52. The van der Waals surface area contributed by atoms with Crippen molar-refractivity contribution in [2.24, 2.45) is 11.3 Å². The fourth-order valence-corrected chi connectivity index (χ4v) is 2.58. The molecule has 2 nitrogen and oxygen atoms in total. The van der Waals surface area contributed by atoms with E-state index < -0.39 is 5.60 Å². The van der Waals surface area contributed by atoms with Crippen LogP contribution in [0.1, 0.15) is 33.6 Å². The Morgan fingerprint density at radius 2 is 2.21 bits per heavy atom. The maximum absolute atomic E-state index is 11.9. The van der Waals surface area contributed by atoms with E-state index in [9.17, 15) is 4.79 Å². The van der Waals surface area contributed by atoms with Gasteiger partial charge in [0.2, 0.25) is 0 Å². The Kier molecular flexibility index (Phi) is 2.07. The average Bonchev–Trinajstić information content (AvgIpc) is 2.31. The average molecular weight is 194 g/mol. The first-order chi connectivity index (χ1) is 6.48. The molecular weight excluding hydrogens is 176 g/mol. The van der Waals surface area contributed by atoms with Crippen molar-refractivity contribution in [3.8, 4) is 0 Å². The molecule has 0 radical (unpaired) electrons. The highest BCUT2D eigenvalue weighted by Crippen LogP contribution is 2.47. The van der Waals surface area contributed by atoms with Gasteiger partial charge in [-0.2, -0.15) is 0 Å². The van der Waals surface area contributed by atoms with Gasteiger partial charge < -0.3 is 4.74 Å². The highest BCUT2D eigenvalue weighted by atomic mass is 16.5. The molecule has 14 heavy (non-hydrogen) atoms. The van der Waals surface area contributed by atoms with Crippen LogP contribution in [0, 0.1) is 11.3 Å². The minimum Gasteiger partial charge on any atom is -0.366 e. The van der Waals surface area contributed by atoms with Crippen molar-refractivity contribution in [3.63, 3.8) is 0 Å². The summed E-state index contributed by atoms with van der Waals surface area (Å²) in [5.41, 5.74) is -0.691. The van der Waals surface area contributed by atoms with Gasteiger partial charge in [0.25, 0.3) is 0 Å². The number of rotatable bonds is 0. The van der Waals surface area contributed by atoms with E-state index in [2.05, 4.69) is 20.8 Å². The lowest BCUT2D eigenvalue weighted by Gasteiger charge is -2.44. The lowest BCUT2D eigenvalue weighted by molar-refractivity contribution is -0.165. The van der Waals surface area contributed by atoms with Gasteiger partial charge in [-0.25, -0.2) is 0 Å². The summed E-state index contributed by atoms with van der Waals surface area (Å²) in [7, 11) is 0. The first-order valence-electron chi connectivity index (χ1n) is 5.36. The summed E-state index contributed by atoms with van der Waals surface area (Å²) < 4.78 is 5.81. The van der Waals surface area contributed by atoms with Gasteiger partial charge in [-0.05, 0) is 24.8 Å². The second kappa shape index (κ2) is 2.93. The van der Waals surface area contributed by atoms with Crippen molar-refractivity contribution in [3.05, 3.63) is 12.2 Å². The molecule has 1 saturated heterocycles. The van der Waals surface area contributed by atoms with Gasteiger partial charge in [-0.1, -0.05) is 26.8 Å². The summed E-state index contributed by atoms with van der Waals surface area (Å²) in [6.45, 7) is 7.10. The monoisotopic (exact) mass is 194 g/mol. The molecule has 1 fully saturated rings. The van der Waals surface area contributed by atoms with Crippen molar-refractivity contribution >= 4 is 5.78 Å². The van der Waals surface area contributed by atoms with E-state index >= 15 is 0 Å². The Morgan fingerprint density at radius 1 is 1.50 bits per heavy atom. The number of hydrogen-bond donors (Lipinski definition) is 0. The van der Waals surface area contributed by atoms with E-state index in [4.69, 9.17) is 4.74 Å². The second-order valence-electron chi connectivity index (χ2n) is 5.19. The van der Waals surface area contributed by atoms with Crippen molar-refractivity contribution in [2.75, 3.05) is 6.61 Å². The zero-order valence-electron chi connectivity index (χ0n) is 9.17. The SMILES string of the molecule is CC1CCO[C@@]2(C1)C(=O)C=CC2(C)C. The molecule has 1 heterocycles. The van der Waals surface area contributed by atoms with Gasteiger partial charge in [0, 0.05) is 12.0 Å². The lowest BCUT2D eigenvalue weighted by atomic mass is 9.70. The summed E-state index contributed by atoms with van der Waals surface area (Å²) in [4.78, 5) is 11.9. The Morgan fingerprint density at radius 3 is 2.71 bits per heavy atom. The Labute approximate surface area is 85.3 Å². The minimum absolute atomic E-state index is 0.140. The third-order valence-corrected chi connectivity index (χ3v) is 3.69. The summed E-state index contributed by atoms with van der Waals surface area (Å²) in [5.74, 6) is 0.751. The maximum Gasteiger partial charge on any atom is 0.188 e. The standard InChI is InChI=1S/C12H18O2/c1-9-5-7-14-12(8-9)10(13)4-6-11(12,2)3/h4,6,9H,5,7-8H2,1-3H3/t9?,12-/m0/s1. The zero-order chi connectivity index (χ0) is 10.4. The fraction of sp³-hybridized carbons (Fsp3) is 0.750. The van der Waals surface area contributed by atoms with Gasteiger partial charge >= 0.3 is 0 Å².